The summed E-state index contributed by atoms with van der Waals surface area (Å²) in [5, 5.41) is 0.168. The molecule has 0 fully saturated rings. The van der Waals surface area contributed by atoms with Crippen LogP contribution in [0.1, 0.15) is 0 Å². The molecule has 1 N–H and O–H groups in total. The van der Waals surface area contributed by atoms with Crippen molar-refractivity contribution in [2.75, 3.05) is 7.11 Å². The lowest BCUT2D eigenvalue weighted by molar-refractivity contribution is -0.471. The standard InChI is InChI=1S/C10HF21S.CH4O/c11-1(12,3(15,16)5(19,20)7(23,24)9(27,28)29)2(13,14)4(17,18)6(21,22)8(25,26)10(30,31)32;1-2/h32H;2H,1H3. The molecule has 23 heteroatoms. The van der Waals surface area contributed by atoms with Gasteiger partial charge in [-0.25, -0.2) is 0 Å². The van der Waals surface area contributed by atoms with E-state index < -0.39 is 58.8 Å². The summed E-state index contributed by atoms with van der Waals surface area (Å²) < 4.78 is 267. The zero-order valence-corrected chi connectivity index (χ0v) is 15.7. The minimum absolute atomic E-state index is 1.00. The van der Waals surface area contributed by atoms with E-state index in [4.69, 9.17) is 5.11 Å². The van der Waals surface area contributed by atoms with Gasteiger partial charge in [-0.05, 0) is 0 Å². The second-order valence-electron chi connectivity index (χ2n) is 5.63. The quantitative estimate of drug-likeness (QED) is 0.239. The summed E-state index contributed by atoms with van der Waals surface area (Å²) in [5.74, 6) is -70.1. The first-order chi connectivity index (χ1) is 14.2. The van der Waals surface area contributed by atoms with Crippen molar-refractivity contribution in [2.45, 2.75) is 58.8 Å². The molecule has 0 heterocycles. The highest BCUT2D eigenvalue weighted by atomic mass is 32.1. The van der Waals surface area contributed by atoms with Gasteiger partial charge in [-0.15, -0.1) is 0 Å². The van der Waals surface area contributed by atoms with Gasteiger partial charge in [-0.2, -0.15) is 92.2 Å². The van der Waals surface area contributed by atoms with Crippen LogP contribution in [-0.2, 0) is 0 Å². The second-order valence-corrected chi connectivity index (χ2v) is 6.20. The Morgan fingerprint density at radius 1 is 0.324 bits per heavy atom. The highest BCUT2D eigenvalue weighted by Gasteiger charge is 2.97. The van der Waals surface area contributed by atoms with E-state index in [9.17, 15) is 92.2 Å². The molecule has 0 atom stereocenters. The summed E-state index contributed by atoms with van der Waals surface area (Å²) in [6, 6.07) is 0. The largest absolute Gasteiger partial charge is 0.460 e. The predicted octanol–water partition coefficient (Wildman–Crippen LogP) is 6.76. The van der Waals surface area contributed by atoms with Gasteiger partial charge >= 0.3 is 58.8 Å². The minimum atomic E-state index is -9.15. The van der Waals surface area contributed by atoms with E-state index in [0.29, 0.717) is 0 Å². The maximum atomic E-state index is 13.2. The van der Waals surface area contributed by atoms with Crippen LogP contribution in [0.2, 0.25) is 0 Å². The number of aliphatic hydroxyl groups excluding tert-OH is 1. The molecule has 0 aromatic heterocycles. The molecule has 0 rings (SSSR count). The lowest BCUT2D eigenvalue weighted by Gasteiger charge is -2.44. The molecule has 0 saturated heterocycles. The molecule has 0 saturated carbocycles. The first kappa shape index (κ1) is 35.0. The van der Waals surface area contributed by atoms with Gasteiger partial charge in [0.2, 0.25) is 0 Å². The number of hydrogen-bond donors (Lipinski definition) is 2. The van der Waals surface area contributed by atoms with Crippen molar-refractivity contribution in [2.24, 2.45) is 0 Å². The molecule has 1 nitrogen and oxygen atoms in total. The van der Waals surface area contributed by atoms with E-state index >= 15 is 0 Å². The molecular formula is C11H5F21OS. The van der Waals surface area contributed by atoms with Crippen molar-refractivity contribution >= 4 is 12.6 Å². The third kappa shape index (κ3) is 4.31. The Labute approximate surface area is 177 Å². The van der Waals surface area contributed by atoms with E-state index in [1.165, 1.54) is 12.6 Å². The average Bonchev–Trinajstić information content (AvgIpc) is 2.60. The van der Waals surface area contributed by atoms with Crippen LogP contribution in [0.5, 0.6) is 0 Å². The van der Waals surface area contributed by atoms with Crippen LogP contribution < -0.4 is 0 Å². The highest BCUT2D eigenvalue weighted by Crippen LogP contribution is 2.66. The van der Waals surface area contributed by atoms with Gasteiger partial charge < -0.3 is 5.11 Å². The number of rotatable bonds is 8. The molecule has 34 heavy (non-hydrogen) atoms. The van der Waals surface area contributed by atoms with Crippen molar-refractivity contribution in [3.8, 4) is 0 Å². The first-order valence-electron chi connectivity index (χ1n) is 6.89. The first-order valence-corrected chi connectivity index (χ1v) is 7.34. The zero-order chi connectivity index (χ0) is 29.0. The molecule has 0 amide bonds. The predicted molar refractivity (Wildman–Crippen MR) is 67.7 cm³/mol. The van der Waals surface area contributed by atoms with Gasteiger partial charge in [0, 0.05) is 7.11 Å². The lowest BCUT2D eigenvalue weighted by Crippen LogP contribution is -2.76. The minimum Gasteiger partial charge on any atom is -0.400 e. The zero-order valence-electron chi connectivity index (χ0n) is 14.8. The molecule has 0 aliphatic heterocycles. The highest BCUT2D eigenvalue weighted by molar-refractivity contribution is 7.81. The number of alkyl halides is 21. The van der Waals surface area contributed by atoms with Crippen LogP contribution >= 0.6 is 12.6 Å². The van der Waals surface area contributed by atoms with Gasteiger partial charge in [0.1, 0.15) is 0 Å². The summed E-state index contributed by atoms with van der Waals surface area (Å²) in [4.78, 5) is 0. The van der Waals surface area contributed by atoms with Gasteiger partial charge in [-0.1, -0.05) is 12.6 Å². The summed E-state index contributed by atoms with van der Waals surface area (Å²) >= 11 is 1.28. The Morgan fingerprint density at radius 3 is 0.618 bits per heavy atom. The Bertz CT molecular complexity index is 640. The van der Waals surface area contributed by atoms with E-state index in [-0.39, 0.29) is 0 Å². The Balaban J connectivity index is 0. The lowest BCUT2D eigenvalue weighted by atomic mass is 9.87. The molecule has 0 spiro atoms. The molecule has 208 valence electrons. The van der Waals surface area contributed by atoms with E-state index in [1.807, 2.05) is 0 Å². The SMILES string of the molecule is CO.FC(F)(F)C(F)(F)C(F)(F)C(F)(F)C(F)(F)C(F)(F)C(F)(F)C(F)(F)C(F)(F)C(F)(F)S. The monoisotopic (exact) mass is 584 g/mol. The summed E-state index contributed by atoms with van der Waals surface area (Å²) in [5.41, 5.74) is 0. The molecule has 0 aliphatic rings. The maximum Gasteiger partial charge on any atom is 0.460 e. The molecule has 0 bridgehead atoms. The Morgan fingerprint density at radius 2 is 0.471 bits per heavy atom. The van der Waals surface area contributed by atoms with Crippen LogP contribution in [0, 0.1) is 0 Å². The van der Waals surface area contributed by atoms with Gasteiger partial charge in [-0.3, -0.25) is 0 Å². The normalized spacial score (nSPS) is 16.2. The number of hydrogen-bond acceptors (Lipinski definition) is 2. The van der Waals surface area contributed by atoms with Crippen LogP contribution in [0.4, 0.5) is 92.2 Å². The summed E-state index contributed by atoms with van der Waals surface area (Å²) in [6.45, 7) is 0. The van der Waals surface area contributed by atoms with Crippen LogP contribution in [0.15, 0.2) is 0 Å². The summed E-state index contributed by atoms with van der Waals surface area (Å²) in [6.07, 6.45) is -7.99. The Kier molecular flexibility index (Phi) is 9.01. The molecule has 0 aromatic carbocycles. The average molecular weight is 584 g/mol. The number of thiol groups is 1. The molecule has 0 unspecified atom stereocenters. The van der Waals surface area contributed by atoms with E-state index in [0.717, 1.165) is 7.11 Å². The topological polar surface area (TPSA) is 20.2 Å². The van der Waals surface area contributed by atoms with Crippen molar-refractivity contribution in [3.05, 3.63) is 0 Å². The van der Waals surface area contributed by atoms with Gasteiger partial charge in [0.15, 0.2) is 0 Å². The van der Waals surface area contributed by atoms with Crippen LogP contribution in [0.3, 0.4) is 0 Å². The third-order valence-electron chi connectivity index (χ3n) is 3.49. The van der Waals surface area contributed by atoms with Crippen molar-refractivity contribution in [1.29, 1.82) is 0 Å². The van der Waals surface area contributed by atoms with Crippen LogP contribution in [-0.4, -0.2) is 71.0 Å². The Hall–Kier alpha value is -1.16. The van der Waals surface area contributed by atoms with Crippen molar-refractivity contribution < 1.29 is 97.3 Å². The maximum absolute atomic E-state index is 13.2. The second kappa shape index (κ2) is 8.75. The number of halogens is 21. The summed E-state index contributed by atoms with van der Waals surface area (Å²) in [7, 11) is 1.00. The van der Waals surface area contributed by atoms with Crippen molar-refractivity contribution in [1.82, 2.24) is 0 Å². The molecule has 0 aromatic rings. The number of aliphatic hydroxyl groups is 1. The fourth-order valence-electron chi connectivity index (χ4n) is 1.55. The van der Waals surface area contributed by atoms with E-state index in [1.54, 1.807) is 0 Å². The smallest absolute Gasteiger partial charge is 0.400 e. The van der Waals surface area contributed by atoms with Gasteiger partial charge in [0.05, 0.1) is 0 Å². The molecule has 0 radical (unpaired) electrons. The molecular weight excluding hydrogens is 579 g/mol. The fourth-order valence-corrected chi connectivity index (χ4v) is 1.69. The van der Waals surface area contributed by atoms with Crippen molar-refractivity contribution in [3.63, 3.8) is 0 Å². The third-order valence-corrected chi connectivity index (χ3v) is 3.77. The van der Waals surface area contributed by atoms with E-state index in [2.05, 4.69) is 0 Å². The van der Waals surface area contributed by atoms with Crippen LogP contribution in [0.25, 0.3) is 0 Å². The fraction of sp³-hybridized carbons (Fsp3) is 1.00. The van der Waals surface area contributed by atoms with Gasteiger partial charge in [0.25, 0.3) is 0 Å². The molecule has 0 aliphatic carbocycles.